The van der Waals surface area contributed by atoms with E-state index < -0.39 is 12.1 Å². The number of esters is 1. The molecular formula is C10H16O5. The largest absolute Gasteiger partial charge is 0.456 e. The van der Waals surface area contributed by atoms with E-state index >= 15 is 0 Å². The van der Waals surface area contributed by atoms with E-state index in [0.717, 1.165) is 0 Å². The van der Waals surface area contributed by atoms with Crippen LogP contribution in [0.4, 0.5) is 0 Å². The third-order valence-corrected chi connectivity index (χ3v) is 1.82. The molecule has 0 saturated heterocycles. The monoisotopic (exact) mass is 216 g/mol. The van der Waals surface area contributed by atoms with Crippen molar-refractivity contribution in [1.29, 1.82) is 0 Å². The van der Waals surface area contributed by atoms with Gasteiger partial charge in [-0.15, -0.1) is 0 Å². The number of carbonyl (C=O) groups is 2. The molecule has 0 aromatic heterocycles. The average molecular weight is 216 g/mol. The minimum atomic E-state index is -0.812. The van der Waals surface area contributed by atoms with Gasteiger partial charge in [0.2, 0.25) is 0 Å². The number of unbranched alkanes of at least 4 members (excludes halogenated alkanes) is 1. The predicted molar refractivity (Wildman–Crippen MR) is 53.1 cm³/mol. The van der Waals surface area contributed by atoms with Crippen molar-refractivity contribution in [2.45, 2.75) is 25.4 Å². The van der Waals surface area contributed by atoms with Gasteiger partial charge >= 0.3 is 5.97 Å². The minimum Gasteiger partial charge on any atom is -0.456 e. The Morgan fingerprint density at radius 3 is 2.53 bits per heavy atom. The fourth-order valence-electron chi connectivity index (χ4n) is 0.946. The Bertz CT molecular complexity index is 224. The van der Waals surface area contributed by atoms with Crippen molar-refractivity contribution in [1.82, 2.24) is 0 Å². The molecule has 0 heterocycles. The summed E-state index contributed by atoms with van der Waals surface area (Å²) < 4.78 is 4.80. The molecule has 0 bridgehead atoms. The first-order valence-electron chi connectivity index (χ1n) is 4.72. The third kappa shape index (κ3) is 5.98. The maximum absolute atomic E-state index is 11.1. The van der Waals surface area contributed by atoms with Crippen LogP contribution >= 0.6 is 0 Å². The number of hydrogen-bond acceptors (Lipinski definition) is 5. The van der Waals surface area contributed by atoms with Crippen LogP contribution in [0, 0.1) is 0 Å². The molecule has 0 rings (SSSR count). The summed E-state index contributed by atoms with van der Waals surface area (Å²) in [6.07, 6.45) is 1.35. The number of aliphatic hydroxyl groups excluding tert-OH is 2. The molecule has 0 saturated carbocycles. The molecule has 0 aliphatic rings. The highest BCUT2D eigenvalue weighted by molar-refractivity contribution is 6.06. The van der Waals surface area contributed by atoms with E-state index in [1.807, 2.05) is 0 Å². The molecule has 1 unspecified atom stereocenters. The molecule has 0 amide bonds. The van der Waals surface area contributed by atoms with Crippen LogP contribution in [-0.4, -0.2) is 41.8 Å². The molecule has 5 nitrogen and oxygen atoms in total. The number of ether oxygens (including phenoxy) is 1. The summed E-state index contributed by atoms with van der Waals surface area (Å²) in [5.74, 6) is -0.812. The van der Waals surface area contributed by atoms with Gasteiger partial charge < -0.3 is 14.9 Å². The van der Waals surface area contributed by atoms with Crippen LogP contribution in [0.3, 0.4) is 0 Å². The van der Waals surface area contributed by atoms with Gasteiger partial charge in [0, 0.05) is 6.61 Å². The second kappa shape index (κ2) is 8.14. The van der Waals surface area contributed by atoms with Crippen LogP contribution in [-0.2, 0) is 14.3 Å². The Kier molecular flexibility index (Phi) is 7.49. The summed E-state index contributed by atoms with van der Waals surface area (Å²) in [4.78, 5) is 21.2. The lowest BCUT2D eigenvalue weighted by atomic mass is 10.1. The van der Waals surface area contributed by atoms with Gasteiger partial charge in [-0.2, -0.15) is 0 Å². The normalized spacial score (nSPS) is 11.9. The third-order valence-electron chi connectivity index (χ3n) is 1.82. The molecule has 1 atom stereocenters. The van der Waals surface area contributed by atoms with Gasteiger partial charge in [0.15, 0.2) is 6.29 Å². The van der Waals surface area contributed by atoms with Gasteiger partial charge in [0.1, 0.15) is 6.10 Å². The van der Waals surface area contributed by atoms with Gasteiger partial charge in [0.05, 0.1) is 12.2 Å². The number of carbonyl (C=O) groups excluding carboxylic acids is 2. The highest BCUT2D eigenvalue weighted by Crippen LogP contribution is 2.06. The molecule has 0 aromatic carbocycles. The summed E-state index contributed by atoms with van der Waals surface area (Å²) in [6.45, 7) is 2.95. The minimum absolute atomic E-state index is 0.0626. The van der Waals surface area contributed by atoms with E-state index in [9.17, 15) is 9.59 Å². The van der Waals surface area contributed by atoms with E-state index in [2.05, 4.69) is 6.58 Å². The number of aldehydes is 1. The standard InChI is InChI=1S/C10H16O5/c1-8(6-12)10(14)15-9(7-13)4-2-3-5-11/h6,9,11,13H,1-5,7H2. The topological polar surface area (TPSA) is 83.8 Å². The van der Waals surface area contributed by atoms with Gasteiger partial charge in [-0.25, -0.2) is 4.79 Å². The second-order valence-electron chi connectivity index (χ2n) is 3.07. The van der Waals surface area contributed by atoms with Crippen molar-refractivity contribution in [3.05, 3.63) is 12.2 Å². The summed E-state index contributed by atoms with van der Waals surface area (Å²) in [5, 5.41) is 17.4. The second-order valence-corrected chi connectivity index (χ2v) is 3.07. The van der Waals surface area contributed by atoms with E-state index in [1.165, 1.54) is 0 Å². The van der Waals surface area contributed by atoms with Crippen LogP contribution in [0.15, 0.2) is 12.2 Å². The van der Waals surface area contributed by atoms with Crippen LogP contribution in [0.5, 0.6) is 0 Å². The quantitative estimate of drug-likeness (QED) is 0.147. The number of hydrogen-bond donors (Lipinski definition) is 2. The lowest BCUT2D eigenvalue weighted by Crippen LogP contribution is -2.23. The Morgan fingerprint density at radius 1 is 1.40 bits per heavy atom. The summed E-state index contributed by atoms with van der Waals surface area (Å²) >= 11 is 0. The van der Waals surface area contributed by atoms with Gasteiger partial charge in [-0.3, -0.25) is 4.79 Å². The Hall–Kier alpha value is -1.20. The molecule has 86 valence electrons. The lowest BCUT2D eigenvalue weighted by molar-refractivity contribution is -0.147. The molecule has 0 aliphatic carbocycles. The number of aliphatic hydroxyl groups is 2. The highest BCUT2D eigenvalue weighted by atomic mass is 16.6. The lowest BCUT2D eigenvalue weighted by Gasteiger charge is -2.14. The van der Waals surface area contributed by atoms with Crippen LogP contribution in [0.25, 0.3) is 0 Å². The van der Waals surface area contributed by atoms with Crippen molar-refractivity contribution in [2.24, 2.45) is 0 Å². The molecule has 0 spiro atoms. The van der Waals surface area contributed by atoms with Crippen LogP contribution < -0.4 is 0 Å². The summed E-state index contributed by atoms with van der Waals surface area (Å²) in [7, 11) is 0. The zero-order chi connectivity index (χ0) is 11.7. The van der Waals surface area contributed by atoms with Crippen LogP contribution in [0.2, 0.25) is 0 Å². The SMILES string of the molecule is C=C(C=O)C(=O)OC(CO)CCCCO. The molecule has 0 fully saturated rings. The zero-order valence-corrected chi connectivity index (χ0v) is 8.52. The van der Waals surface area contributed by atoms with Crippen LogP contribution in [0.1, 0.15) is 19.3 Å². The Labute approximate surface area is 88.4 Å². The van der Waals surface area contributed by atoms with Crippen molar-refractivity contribution in [3.8, 4) is 0 Å². The first-order chi connectivity index (χ1) is 7.15. The van der Waals surface area contributed by atoms with Gasteiger partial charge in [-0.1, -0.05) is 6.58 Å². The molecule has 2 N–H and O–H groups in total. The fraction of sp³-hybridized carbons (Fsp3) is 0.600. The van der Waals surface area contributed by atoms with Gasteiger partial charge in [0.25, 0.3) is 0 Å². The van der Waals surface area contributed by atoms with Crippen molar-refractivity contribution >= 4 is 12.3 Å². The van der Waals surface area contributed by atoms with Gasteiger partial charge in [-0.05, 0) is 19.3 Å². The van der Waals surface area contributed by atoms with Crippen molar-refractivity contribution < 1.29 is 24.5 Å². The molecule has 5 heteroatoms. The molecule has 15 heavy (non-hydrogen) atoms. The molecule has 0 aliphatic heterocycles. The van der Waals surface area contributed by atoms with E-state index in [-0.39, 0.29) is 18.8 Å². The maximum Gasteiger partial charge on any atom is 0.341 e. The maximum atomic E-state index is 11.1. The number of rotatable bonds is 8. The fourth-order valence-corrected chi connectivity index (χ4v) is 0.946. The average Bonchev–Trinajstić information content (AvgIpc) is 2.26. The Balaban J connectivity index is 3.92. The van der Waals surface area contributed by atoms with E-state index in [4.69, 9.17) is 14.9 Å². The smallest absolute Gasteiger partial charge is 0.341 e. The van der Waals surface area contributed by atoms with E-state index in [0.29, 0.717) is 25.5 Å². The molecular weight excluding hydrogens is 200 g/mol. The molecule has 0 aromatic rings. The van der Waals surface area contributed by atoms with Crippen molar-refractivity contribution in [2.75, 3.05) is 13.2 Å². The first-order valence-corrected chi connectivity index (χ1v) is 4.72. The van der Waals surface area contributed by atoms with E-state index in [1.54, 1.807) is 0 Å². The zero-order valence-electron chi connectivity index (χ0n) is 8.52. The molecule has 0 radical (unpaired) electrons. The summed E-state index contributed by atoms with van der Waals surface area (Å²) in [5.41, 5.74) is -0.268. The Morgan fingerprint density at radius 2 is 2.07 bits per heavy atom. The first kappa shape index (κ1) is 13.8. The predicted octanol–water partition coefficient (Wildman–Crippen LogP) is -0.192. The summed E-state index contributed by atoms with van der Waals surface area (Å²) in [6, 6.07) is 0. The highest BCUT2D eigenvalue weighted by Gasteiger charge is 2.15. The van der Waals surface area contributed by atoms with Crippen molar-refractivity contribution in [3.63, 3.8) is 0 Å².